The minimum atomic E-state index is 0.579. The molecule has 0 saturated heterocycles. The van der Waals surface area contributed by atoms with Crippen LogP contribution in [-0.2, 0) is 0 Å². The highest BCUT2D eigenvalue weighted by Gasteiger charge is 2.11. The highest BCUT2D eigenvalue weighted by Crippen LogP contribution is 2.35. The summed E-state index contributed by atoms with van der Waals surface area (Å²) in [6, 6.07) is 28.6. The number of para-hydroxylation sites is 2. The lowest BCUT2D eigenvalue weighted by Gasteiger charge is -2.25. The Bertz CT molecular complexity index is 812. The molecule has 0 aromatic heterocycles. The van der Waals surface area contributed by atoms with Crippen molar-refractivity contribution < 1.29 is 4.74 Å². The van der Waals surface area contributed by atoms with Crippen molar-refractivity contribution in [2.45, 2.75) is 6.92 Å². The number of hydrogen-bond acceptors (Lipinski definition) is 2. The van der Waals surface area contributed by atoms with Gasteiger partial charge in [-0.3, -0.25) is 0 Å². The van der Waals surface area contributed by atoms with Crippen LogP contribution in [0.1, 0.15) is 6.92 Å². The van der Waals surface area contributed by atoms with E-state index < -0.39 is 0 Å². The van der Waals surface area contributed by atoms with Crippen LogP contribution in [0.4, 0.5) is 17.1 Å². The number of nitrogens with zero attached hydrogens (tertiary/aromatic N) is 1. The molecule has 3 rings (SSSR count). The van der Waals surface area contributed by atoms with Gasteiger partial charge in [0.05, 0.1) is 0 Å². The lowest BCUT2D eigenvalue weighted by Crippen LogP contribution is -2.09. The molecule has 0 heterocycles. The van der Waals surface area contributed by atoms with E-state index in [0.29, 0.717) is 5.76 Å². The van der Waals surface area contributed by atoms with E-state index in [4.69, 9.17) is 4.74 Å². The first-order valence-corrected chi connectivity index (χ1v) is 8.18. The lowest BCUT2D eigenvalue weighted by atomic mass is 10.2. The van der Waals surface area contributed by atoms with Crippen LogP contribution < -0.4 is 9.64 Å². The van der Waals surface area contributed by atoms with Crippen LogP contribution in [0.2, 0.25) is 0 Å². The number of ether oxygens (including phenoxy) is 1. The Morgan fingerprint density at radius 3 is 1.56 bits per heavy atom. The van der Waals surface area contributed by atoms with Gasteiger partial charge in [0, 0.05) is 17.1 Å². The van der Waals surface area contributed by atoms with E-state index in [1.165, 1.54) is 0 Å². The van der Waals surface area contributed by atoms with Gasteiger partial charge in [-0.05, 0) is 61.0 Å². The molecule has 0 bridgehead atoms. The van der Waals surface area contributed by atoms with Gasteiger partial charge in [0.25, 0.3) is 0 Å². The molecule has 0 amide bonds. The lowest BCUT2D eigenvalue weighted by molar-refractivity contribution is 0.439. The standard InChI is InChI=1S/C23H21NO/c1-18(2)19(3)25-23-16-14-22(15-17-23)24(20-10-6-4-7-11-20)21-12-8-5-9-13-21/h4-17H,1,3H2,2H3. The Balaban J connectivity index is 1.94. The molecule has 25 heavy (non-hydrogen) atoms. The van der Waals surface area contributed by atoms with E-state index in [2.05, 4.69) is 42.3 Å². The minimum Gasteiger partial charge on any atom is -0.458 e. The van der Waals surface area contributed by atoms with Crippen molar-refractivity contribution in [3.8, 4) is 5.75 Å². The van der Waals surface area contributed by atoms with Crippen molar-refractivity contribution in [1.82, 2.24) is 0 Å². The highest BCUT2D eigenvalue weighted by molar-refractivity contribution is 5.76. The average Bonchev–Trinajstić information content (AvgIpc) is 2.65. The maximum atomic E-state index is 5.71. The zero-order valence-corrected chi connectivity index (χ0v) is 14.4. The summed E-state index contributed by atoms with van der Waals surface area (Å²) in [5.41, 5.74) is 4.09. The van der Waals surface area contributed by atoms with Gasteiger partial charge in [-0.1, -0.05) is 49.6 Å². The van der Waals surface area contributed by atoms with Gasteiger partial charge in [0.2, 0.25) is 0 Å². The third-order valence-corrected chi connectivity index (χ3v) is 3.84. The van der Waals surface area contributed by atoms with Crippen LogP contribution in [0.25, 0.3) is 0 Å². The molecule has 0 radical (unpaired) electrons. The summed E-state index contributed by atoms with van der Waals surface area (Å²) in [5, 5.41) is 0. The molecule has 124 valence electrons. The van der Waals surface area contributed by atoms with E-state index in [1.807, 2.05) is 67.6 Å². The van der Waals surface area contributed by atoms with Crippen LogP contribution in [0, 0.1) is 0 Å². The SMILES string of the molecule is C=C(C)C(=C)Oc1ccc(N(c2ccccc2)c2ccccc2)cc1. The zero-order valence-electron chi connectivity index (χ0n) is 14.4. The first kappa shape index (κ1) is 16.6. The number of benzene rings is 3. The second-order valence-electron chi connectivity index (χ2n) is 5.81. The summed E-state index contributed by atoms with van der Waals surface area (Å²) in [5.74, 6) is 1.33. The summed E-state index contributed by atoms with van der Waals surface area (Å²) in [4.78, 5) is 2.21. The first-order chi connectivity index (χ1) is 12.1. The topological polar surface area (TPSA) is 12.5 Å². The normalized spacial score (nSPS) is 10.1. The van der Waals surface area contributed by atoms with E-state index in [0.717, 1.165) is 28.4 Å². The third-order valence-electron chi connectivity index (χ3n) is 3.84. The molecule has 0 fully saturated rings. The molecule has 2 nitrogen and oxygen atoms in total. The molecule has 0 saturated carbocycles. The van der Waals surface area contributed by atoms with Crippen LogP contribution in [0.15, 0.2) is 109 Å². The van der Waals surface area contributed by atoms with Gasteiger partial charge in [-0.2, -0.15) is 0 Å². The number of allylic oxidation sites excluding steroid dienone is 1. The fourth-order valence-corrected chi connectivity index (χ4v) is 2.49. The summed E-state index contributed by atoms with van der Waals surface area (Å²) in [6.45, 7) is 9.59. The first-order valence-electron chi connectivity index (χ1n) is 8.18. The number of rotatable bonds is 6. The monoisotopic (exact) mass is 327 g/mol. The van der Waals surface area contributed by atoms with Crippen molar-refractivity contribution in [3.05, 3.63) is 109 Å². The van der Waals surface area contributed by atoms with Crippen molar-refractivity contribution in [2.24, 2.45) is 0 Å². The Kier molecular flexibility index (Phi) is 5.00. The van der Waals surface area contributed by atoms with Crippen LogP contribution in [0.5, 0.6) is 5.75 Å². The minimum absolute atomic E-state index is 0.579. The average molecular weight is 327 g/mol. The van der Waals surface area contributed by atoms with Gasteiger partial charge < -0.3 is 9.64 Å². The Labute approximate surface area is 149 Å². The van der Waals surface area contributed by atoms with Gasteiger partial charge in [0.1, 0.15) is 11.5 Å². The van der Waals surface area contributed by atoms with Gasteiger partial charge in [-0.15, -0.1) is 0 Å². The molecule has 0 aliphatic rings. The quantitative estimate of drug-likeness (QED) is 0.372. The van der Waals surface area contributed by atoms with Crippen molar-refractivity contribution >= 4 is 17.1 Å². The molecule has 0 N–H and O–H groups in total. The predicted molar refractivity (Wildman–Crippen MR) is 106 cm³/mol. The summed E-state index contributed by atoms with van der Waals surface area (Å²) < 4.78 is 5.71. The molecule has 0 aliphatic carbocycles. The predicted octanol–water partition coefficient (Wildman–Crippen LogP) is 6.63. The van der Waals surface area contributed by atoms with Crippen LogP contribution in [0.3, 0.4) is 0 Å². The fourth-order valence-electron chi connectivity index (χ4n) is 2.49. The zero-order chi connectivity index (χ0) is 17.6. The van der Waals surface area contributed by atoms with E-state index in [9.17, 15) is 0 Å². The molecular weight excluding hydrogens is 306 g/mol. The summed E-state index contributed by atoms with van der Waals surface area (Å²) in [7, 11) is 0. The molecule has 0 spiro atoms. The van der Waals surface area contributed by atoms with E-state index >= 15 is 0 Å². The molecule has 3 aromatic rings. The van der Waals surface area contributed by atoms with Gasteiger partial charge in [-0.25, -0.2) is 0 Å². The Hall–Kier alpha value is -3.26. The highest BCUT2D eigenvalue weighted by atomic mass is 16.5. The summed E-state index contributed by atoms with van der Waals surface area (Å²) in [6.07, 6.45) is 0. The van der Waals surface area contributed by atoms with Crippen LogP contribution >= 0.6 is 0 Å². The second-order valence-corrected chi connectivity index (χ2v) is 5.81. The van der Waals surface area contributed by atoms with Gasteiger partial charge >= 0.3 is 0 Å². The maximum absolute atomic E-state index is 5.71. The summed E-state index contributed by atoms with van der Waals surface area (Å²) >= 11 is 0. The smallest absolute Gasteiger partial charge is 0.127 e. The van der Waals surface area contributed by atoms with E-state index in [-0.39, 0.29) is 0 Å². The molecule has 2 heteroatoms. The number of anilines is 3. The Morgan fingerprint density at radius 2 is 1.12 bits per heavy atom. The maximum Gasteiger partial charge on any atom is 0.127 e. The molecule has 0 unspecified atom stereocenters. The Morgan fingerprint density at radius 1 is 0.680 bits per heavy atom. The largest absolute Gasteiger partial charge is 0.458 e. The molecule has 0 atom stereocenters. The van der Waals surface area contributed by atoms with Gasteiger partial charge in [0.15, 0.2) is 0 Å². The molecular formula is C23H21NO. The number of hydrogen-bond donors (Lipinski definition) is 0. The van der Waals surface area contributed by atoms with Crippen LogP contribution in [-0.4, -0.2) is 0 Å². The fraction of sp³-hybridized carbons (Fsp3) is 0.0435. The third kappa shape index (κ3) is 3.99. The molecule has 3 aromatic carbocycles. The van der Waals surface area contributed by atoms with E-state index in [1.54, 1.807) is 0 Å². The molecule has 0 aliphatic heterocycles. The van der Waals surface area contributed by atoms with Crippen molar-refractivity contribution in [1.29, 1.82) is 0 Å². The van der Waals surface area contributed by atoms with Crippen molar-refractivity contribution in [3.63, 3.8) is 0 Å². The van der Waals surface area contributed by atoms with Crippen molar-refractivity contribution in [2.75, 3.05) is 4.90 Å². The second kappa shape index (κ2) is 7.54.